The van der Waals surface area contributed by atoms with Crippen molar-refractivity contribution in [3.05, 3.63) is 17.2 Å². The normalized spacial score (nSPS) is 12.1. The van der Waals surface area contributed by atoms with E-state index in [4.69, 9.17) is 11.6 Å². The minimum absolute atomic E-state index is 0.151. The van der Waals surface area contributed by atoms with Gasteiger partial charge in [-0.2, -0.15) is 0 Å². The molecule has 1 rings (SSSR count). The van der Waals surface area contributed by atoms with Crippen molar-refractivity contribution in [3.63, 3.8) is 0 Å². The molecule has 0 spiro atoms. The molecule has 1 aromatic rings. The molecule has 0 fully saturated rings. The monoisotopic (exact) mass is 215 g/mol. The lowest BCUT2D eigenvalue weighted by molar-refractivity contribution is 0.367. The summed E-state index contributed by atoms with van der Waals surface area (Å²) in [5, 5.41) is 4.11. The quantitative estimate of drug-likeness (QED) is 0.836. The maximum atomic E-state index is 5.89. The SMILES string of the molecule is CCC(C)(C)NCc1ncc(Cl)n1C. The van der Waals surface area contributed by atoms with Gasteiger partial charge in [0.05, 0.1) is 12.7 Å². The van der Waals surface area contributed by atoms with Crippen molar-refractivity contribution >= 4 is 11.6 Å². The molecule has 0 bridgehead atoms. The van der Waals surface area contributed by atoms with Gasteiger partial charge in [0, 0.05) is 12.6 Å². The van der Waals surface area contributed by atoms with Gasteiger partial charge in [0.25, 0.3) is 0 Å². The molecule has 0 unspecified atom stereocenters. The van der Waals surface area contributed by atoms with Crippen LogP contribution in [-0.2, 0) is 13.6 Å². The van der Waals surface area contributed by atoms with E-state index in [1.807, 2.05) is 11.6 Å². The van der Waals surface area contributed by atoms with Gasteiger partial charge in [-0.3, -0.25) is 0 Å². The molecule has 1 N–H and O–H groups in total. The number of nitrogens with zero attached hydrogens (tertiary/aromatic N) is 2. The summed E-state index contributed by atoms with van der Waals surface area (Å²) in [6, 6.07) is 0. The minimum atomic E-state index is 0.151. The third-order valence-corrected chi connectivity index (χ3v) is 2.99. The number of rotatable bonds is 4. The third kappa shape index (κ3) is 2.72. The van der Waals surface area contributed by atoms with Crippen LogP contribution in [0.3, 0.4) is 0 Å². The van der Waals surface area contributed by atoms with Crippen LogP contribution >= 0.6 is 11.6 Å². The Bertz CT molecular complexity index is 304. The largest absolute Gasteiger partial charge is 0.321 e. The van der Waals surface area contributed by atoms with Crippen LogP contribution in [0, 0.1) is 0 Å². The molecule has 1 aromatic heterocycles. The van der Waals surface area contributed by atoms with E-state index < -0.39 is 0 Å². The number of nitrogens with one attached hydrogen (secondary N) is 1. The first kappa shape index (κ1) is 11.5. The van der Waals surface area contributed by atoms with E-state index in [2.05, 4.69) is 31.1 Å². The van der Waals surface area contributed by atoms with Gasteiger partial charge in [-0.25, -0.2) is 4.98 Å². The number of hydrogen-bond acceptors (Lipinski definition) is 2. The van der Waals surface area contributed by atoms with Crippen LogP contribution in [-0.4, -0.2) is 15.1 Å². The molecule has 0 aliphatic carbocycles. The molecule has 0 atom stereocenters. The summed E-state index contributed by atoms with van der Waals surface area (Å²) in [7, 11) is 1.92. The summed E-state index contributed by atoms with van der Waals surface area (Å²) in [4.78, 5) is 4.22. The van der Waals surface area contributed by atoms with Crippen molar-refractivity contribution in [2.75, 3.05) is 0 Å². The molecule has 1 heterocycles. The summed E-state index contributed by atoms with van der Waals surface area (Å²) < 4.78 is 1.89. The molecule has 0 saturated heterocycles. The second-order valence-electron chi connectivity index (χ2n) is 4.15. The van der Waals surface area contributed by atoms with E-state index in [0.29, 0.717) is 5.15 Å². The van der Waals surface area contributed by atoms with Crippen LogP contribution in [0.15, 0.2) is 6.20 Å². The first-order valence-corrected chi connectivity index (χ1v) is 5.25. The van der Waals surface area contributed by atoms with E-state index in [1.165, 1.54) is 0 Å². The van der Waals surface area contributed by atoms with Gasteiger partial charge in [-0.15, -0.1) is 0 Å². The zero-order valence-electron chi connectivity index (χ0n) is 9.26. The first-order chi connectivity index (χ1) is 6.46. The Morgan fingerprint density at radius 2 is 2.21 bits per heavy atom. The van der Waals surface area contributed by atoms with Gasteiger partial charge in [0.15, 0.2) is 0 Å². The molecular formula is C10H18ClN3. The van der Waals surface area contributed by atoms with Crippen LogP contribution in [0.25, 0.3) is 0 Å². The standard InChI is InChI=1S/C10H18ClN3/c1-5-10(2,3)13-7-9-12-6-8(11)14(9)4/h6,13H,5,7H2,1-4H3. The van der Waals surface area contributed by atoms with Crippen molar-refractivity contribution in [2.24, 2.45) is 7.05 Å². The molecule has 0 aliphatic heterocycles. The fourth-order valence-electron chi connectivity index (χ4n) is 1.03. The number of halogens is 1. The Morgan fingerprint density at radius 3 is 2.64 bits per heavy atom. The maximum absolute atomic E-state index is 5.89. The van der Waals surface area contributed by atoms with Crippen molar-refractivity contribution in [3.8, 4) is 0 Å². The molecular weight excluding hydrogens is 198 g/mol. The second-order valence-corrected chi connectivity index (χ2v) is 4.53. The number of imidazole rings is 1. The number of aromatic nitrogens is 2. The van der Waals surface area contributed by atoms with Gasteiger partial charge < -0.3 is 9.88 Å². The molecule has 0 amide bonds. The lowest BCUT2D eigenvalue weighted by Gasteiger charge is -2.24. The summed E-state index contributed by atoms with van der Waals surface area (Å²) in [6.07, 6.45) is 2.77. The van der Waals surface area contributed by atoms with Gasteiger partial charge in [0.2, 0.25) is 0 Å². The van der Waals surface area contributed by atoms with Crippen LogP contribution < -0.4 is 5.32 Å². The molecule has 80 valence electrons. The van der Waals surface area contributed by atoms with Gasteiger partial charge in [-0.1, -0.05) is 18.5 Å². The van der Waals surface area contributed by atoms with Crippen molar-refractivity contribution in [1.82, 2.24) is 14.9 Å². The Labute approximate surface area is 90.5 Å². The molecule has 0 aromatic carbocycles. The van der Waals surface area contributed by atoms with E-state index in [-0.39, 0.29) is 5.54 Å². The summed E-state index contributed by atoms with van der Waals surface area (Å²) >= 11 is 5.89. The van der Waals surface area contributed by atoms with Crippen LogP contribution in [0.1, 0.15) is 33.0 Å². The van der Waals surface area contributed by atoms with Gasteiger partial charge in [0.1, 0.15) is 11.0 Å². The van der Waals surface area contributed by atoms with Crippen molar-refractivity contribution < 1.29 is 0 Å². The average molecular weight is 216 g/mol. The highest BCUT2D eigenvalue weighted by atomic mass is 35.5. The highest BCUT2D eigenvalue weighted by Gasteiger charge is 2.14. The third-order valence-electron chi connectivity index (χ3n) is 2.64. The fourth-order valence-corrected chi connectivity index (χ4v) is 1.18. The topological polar surface area (TPSA) is 29.9 Å². The lowest BCUT2D eigenvalue weighted by atomic mass is 10.0. The molecule has 14 heavy (non-hydrogen) atoms. The first-order valence-electron chi connectivity index (χ1n) is 4.87. The van der Waals surface area contributed by atoms with Gasteiger partial charge in [-0.05, 0) is 20.3 Å². The minimum Gasteiger partial charge on any atom is -0.321 e. The summed E-state index contributed by atoms with van der Waals surface area (Å²) in [5.41, 5.74) is 0.151. The Morgan fingerprint density at radius 1 is 1.57 bits per heavy atom. The highest BCUT2D eigenvalue weighted by Crippen LogP contribution is 2.11. The Kier molecular flexibility index (Phi) is 3.56. The van der Waals surface area contributed by atoms with Crippen LogP contribution in [0.4, 0.5) is 0 Å². The summed E-state index contributed by atoms with van der Waals surface area (Å²) in [5.74, 6) is 0.969. The summed E-state index contributed by atoms with van der Waals surface area (Å²) in [6.45, 7) is 7.28. The maximum Gasteiger partial charge on any atom is 0.128 e. The van der Waals surface area contributed by atoms with Gasteiger partial charge >= 0.3 is 0 Å². The lowest BCUT2D eigenvalue weighted by Crippen LogP contribution is -2.38. The van der Waals surface area contributed by atoms with Crippen LogP contribution in [0.5, 0.6) is 0 Å². The second kappa shape index (κ2) is 4.32. The molecule has 0 saturated carbocycles. The Balaban J connectivity index is 2.58. The molecule has 3 nitrogen and oxygen atoms in total. The highest BCUT2D eigenvalue weighted by molar-refractivity contribution is 6.29. The average Bonchev–Trinajstić information content (AvgIpc) is 2.45. The zero-order valence-corrected chi connectivity index (χ0v) is 10.0. The molecule has 0 aliphatic rings. The van der Waals surface area contributed by atoms with Crippen molar-refractivity contribution in [2.45, 2.75) is 39.3 Å². The zero-order chi connectivity index (χ0) is 10.8. The molecule has 0 radical (unpaired) electrons. The predicted octanol–water partition coefficient (Wildman–Crippen LogP) is 2.35. The van der Waals surface area contributed by atoms with E-state index >= 15 is 0 Å². The van der Waals surface area contributed by atoms with Crippen LogP contribution in [0.2, 0.25) is 5.15 Å². The fraction of sp³-hybridized carbons (Fsp3) is 0.700. The number of hydrogen-bond donors (Lipinski definition) is 1. The molecule has 4 heteroatoms. The smallest absolute Gasteiger partial charge is 0.128 e. The van der Waals surface area contributed by atoms with E-state index in [1.54, 1.807) is 6.20 Å². The predicted molar refractivity (Wildman–Crippen MR) is 59.4 cm³/mol. The Hall–Kier alpha value is -0.540. The van der Waals surface area contributed by atoms with E-state index in [0.717, 1.165) is 18.8 Å². The van der Waals surface area contributed by atoms with E-state index in [9.17, 15) is 0 Å². The van der Waals surface area contributed by atoms with Crippen molar-refractivity contribution in [1.29, 1.82) is 0 Å².